The molecule has 0 aliphatic carbocycles. The first-order chi connectivity index (χ1) is 10.2. The van der Waals surface area contributed by atoms with Gasteiger partial charge in [0.15, 0.2) is 0 Å². The van der Waals surface area contributed by atoms with Crippen LogP contribution in [0.25, 0.3) is 10.9 Å². The molecule has 0 radical (unpaired) electrons. The van der Waals surface area contributed by atoms with Crippen LogP contribution in [-0.2, 0) is 0 Å². The van der Waals surface area contributed by atoms with E-state index in [9.17, 15) is 0 Å². The van der Waals surface area contributed by atoms with E-state index in [1.807, 2.05) is 49.4 Å². The van der Waals surface area contributed by atoms with Crippen LogP contribution in [0.5, 0.6) is 5.75 Å². The van der Waals surface area contributed by atoms with E-state index < -0.39 is 0 Å². The Morgan fingerprint density at radius 3 is 2.71 bits per heavy atom. The Bertz CT molecular complexity index is 799. The second kappa shape index (κ2) is 5.32. The van der Waals surface area contributed by atoms with Gasteiger partial charge < -0.3 is 15.8 Å². The van der Waals surface area contributed by atoms with Crippen LogP contribution >= 0.6 is 0 Å². The smallest absolute Gasteiger partial charge is 0.121 e. The van der Waals surface area contributed by atoms with Gasteiger partial charge in [0.1, 0.15) is 5.75 Å². The molecule has 3 aromatic rings. The number of hydrogen-bond acceptors (Lipinski definition) is 4. The van der Waals surface area contributed by atoms with E-state index >= 15 is 0 Å². The summed E-state index contributed by atoms with van der Waals surface area (Å²) in [4.78, 5) is 4.61. The van der Waals surface area contributed by atoms with Crippen molar-refractivity contribution in [3.63, 3.8) is 0 Å². The zero-order chi connectivity index (χ0) is 14.8. The number of nitrogen functional groups attached to an aromatic ring is 1. The molecule has 0 amide bonds. The highest BCUT2D eigenvalue weighted by atomic mass is 16.5. The topological polar surface area (TPSA) is 60.2 Å². The van der Waals surface area contributed by atoms with Crippen LogP contribution in [-0.4, -0.2) is 12.1 Å². The van der Waals surface area contributed by atoms with Gasteiger partial charge in [-0.25, -0.2) is 0 Å². The van der Waals surface area contributed by atoms with Crippen molar-refractivity contribution in [2.45, 2.75) is 6.92 Å². The molecule has 0 unspecified atom stereocenters. The number of pyridine rings is 1. The third-order valence-corrected chi connectivity index (χ3v) is 3.39. The summed E-state index contributed by atoms with van der Waals surface area (Å²) in [6, 6.07) is 15.7. The van der Waals surface area contributed by atoms with Crippen LogP contribution in [0.4, 0.5) is 17.1 Å². The lowest BCUT2D eigenvalue weighted by molar-refractivity contribution is 0.415. The van der Waals surface area contributed by atoms with Gasteiger partial charge in [-0.2, -0.15) is 0 Å². The summed E-state index contributed by atoms with van der Waals surface area (Å²) in [5.74, 6) is 0.760. The fraction of sp³-hybridized carbons (Fsp3) is 0.118. The van der Waals surface area contributed by atoms with Crippen molar-refractivity contribution in [2.24, 2.45) is 0 Å². The van der Waals surface area contributed by atoms with E-state index in [1.165, 1.54) is 0 Å². The summed E-state index contributed by atoms with van der Waals surface area (Å²) >= 11 is 0. The molecule has 0 aliphatic heterocycles. The number of aryl methyl sites for hydroxylation is 1. The standard InChI is InChI=1S/C17H17N3O/c1-11-6-7-12-4-3-5-15(17(12)19-11)20-16-10-13(21-2)8-9-14(16)18/h3-10,20H,18H2,1-2H3. The average Bonchev–Trinajstić information content (AvgIpc) is 2.50. The van der Waals surface area contributed by atoms with Crippen molar-refractivity contribution in [1.29, 1.82) is 0 Å². The van der Waals surface area contributed by atoms with E-state index in [-0.39, 0.29) is 0 Å². The van der Waals surface area contributed by atoms with Crippen molar-refractivity contribution in [1.82, 2.24) is 4.98 Å². The molecule has 4 heteroatoms. The van der Waals surface area contributed by atoms with Gasteiger partial charge in [-0.15, -0.1) is 0 Å². The Morgan fingerprint density at radius 1 is 1.05 bits per heavy atom. The maximum atomic E-state index is 6.03. The van der Waals surface area contributed by atoms with Gasteiger partial charge in [-0.1, -0.05) is 18.2 Å². The van der Waals surface area contributed by atoms with Gasteiger partial charge >= 0.3 is 0 Å². The molecule has 106 valence electrons. The lowest BCUT2D eigenvalue weighted by atomic mass is 10.1. The molecule has 3 N–H and O–H groups in total. The Labute approximate surface area is 123 Å². The third kappa shape index (κ3) is 2.60. The number of hydrogen-bond donors (Lipinski definition) is 2. The number of aromatic nitrogens is 1. The molecule has 3 rings (SSSR count). The van der Waals surface area contributed by atoms with Crippen LogP contribution in [0.1, 0.15) is 5.69 Å². The lowest BCUT2D eigenvalue weighted by Crippen LogP contribution is -1.98. The first kappa shape index (κ1) is 13.2. The summed E-state index contributed by atoms with van der Waals surface area (Å²) in [5.41, 5.74) is 10.3. The Balaban J connectivity index is 2.08. The number of nitrogens with two attached hydrogens (primary N) is 1. The molecule has 1 heterocycles. The van der Waals surface area contributed by atoms with Crippen molar-refractivity contribution < 1.29 is 4.74 Å². The number of anilines is 3. The quantitative estimate of drug-likeness (QED) is 0.714. The van der Waals surface area contributed by atoms with Crippen molar-refractivity contribution in [3.8, 4) is 5.75 Å². The summed E-state index contributed by atoms with van der Waals surface area (Å²) in [7, 11) is 1.64. The summed E-state index contributed by atoms with van der Waals surface area (Å²) in [6.07, 6.45) is 0. The molecule has 1 aromatic heterocycles. The fourth-order valence-electron chi connectivity index (χ4n) is 2.26. The number of nitrogens with zero attached hydrogens (tertiary/aromatic N) is 1. The largest absolute Gasteiger partial charge is 0.497 e. The van der Waals surface area contributed by atoms with Gasteiger partial charge in [0, 0.05) is 17.1 Å². The van der Waals surface area contributed by atoms with Gasteiger partial charge in [0.25, 0.3) is 0 Å². The highest BCUT2D eigenvalue weighted by molar-refractivity contribution is 5.93. The molecule has 0 atom stereocenters. The van der Waals surface area contributed by atoms with Gasteiger partial charge in [0.2, 0.25) is 0 Å². The zero-order valence-corrected chi connectivity index (χ0v) is 12.1. The highest BCUT2D eigenvalue weighted by Gasteiger charge is 2.06. The monoisotopic (exact) mass is 279 g/mol. The Morgan fingerprint density at radius 2 is 1.90 bits per heavy atom. The second-order valence-electron chi connectivity index (χ2n) is 4.91. The van der Waals surface area contributed by atoms with Crippen molar-refractivity contribution in [2.75, 3.05) is 18.2 Å². The maximum Gasteiger partial charge on any atom is 0.121 e. The van der Waals surface area contributed by atoms with E-state index in [1.54, 1.807) is 7.11 Å². The van der Waals surface area contributed by atoms with Gasteiger partial charge in [0.05, 0.1) is 29.7 Å². The summed E-state index contributed by atoms with van der Waals surface area (Å²) < 4.78 is 5.24. The minimum Gasteiger partial charge on any atom is -0.497 e. The van der Waals surface area contributed by atoms with E-state index in [2.05, 4.69) is 16.4 Å². The SMILES string of the molecule is COc1ccc(N)c(Nc2cccc3ccc(C)nc23)c1. The minimum atomic E-state index is 0.667. The normalized spacial score (nSPS) is 10.6. The number of fused-ring (bicyclic) bond motifs is 1. The van der Waals surface area contributed by atoms with Crippen molar-refractivity contribution in [3.05, 3.63) is 54.2 Å². The number of nitrogens with one attached hydrogen (secondary N) is 1. The van der Waals surface area contributed by atoms with E-state index in [4.69, 9.17) is 10.5 Å². The summed E-state index contributed by atoms with van der Waals surface area (Å²) in [5, 5.41) is 4.44. The molecule has 4 nitrogen and oxygen atoms in total. The Hall–Kier alpha value is -2.75. The first-order valence-corrected chi connectivity index (χ1v) is 6.74. The van der Waals surface area contributed by atoms with Crippen LogP contribution in [0, 0.1) is 6.92 Å². The zero-order valence-electron chi connectivity index (χ0n) is 12.1. The molecule has 21 heavy (non-hydrogen) atoms. The molecule has 0 fully saturated rings. The fourth-order valence-corrected chi connectivity index (χ4v) is 2.26. The molecule has 0 aliphatic rings. The molecule has 0 bridgehead atoms. The van der Waals surface area contributed by atoms with E-state index in [0.29, 0.717) is 5.69 Å². The number of rotatable bonds is 3. The van der Waals surface area contributed by atoms with Gasteiger partial charge in [-0.05, 0) is 31.2 Å². The number of methoxy groups -OCH3 is 1. The predicted molar refractivity (Wildman–Crippen MR) is 87.2 cm³/mol. The first-order valence-electron chi connectivity index (χ1n) is 6.74. The number of benzene rings is 2. The highest BCUT2D eigenvalue weighted by Crippen LogP contribution is 2.30. The third-order valence-electron chi connectivity index (χ3n) is 3.39. The second-order valence-corrected chi connectivity index (χ2v) is 4.91. The van der Waals surface area contributed by atoms with E-state index in [0.717, 1.165) is 33.7 Å². The van der Waals surface area contributed by atoms with Crippen LogP contribution < -0.4 is 15.8 Å². The minimum absolute atomic E-state index is 0.667. The molecule has 2 aromatic carbocycles. The van der Waals surface area contributed by atoms with Gasteiger partial charge in [-0.3, -0.25) is 4.98 Å². The Kier molecular flexibility index (Phi) is 3.36. The van der Waals surface area contributed by atoms with Crippen LogP contribution in [0.15, 0.2) is 48.5 Å². The van der Waals surface area contributed by atoms with Crippen molar-refractivity contribution >= 4 is 28.0 Å². The summed E-state index contributed by atoms with van der Waals surface area (Å²) in [6.45, 7) is 1.98. The molecular weight excluding hydrogens is 262 g/mol. The molecule has 0 saturated carbocycles. The molecule has 0 saturated heterocycles. The maximum absolute atomic E-state index is 6.03. The van der Waals surface area contributed by atoms with Crippen LogP contribution in [0.3, 0.4) is 0 Å². The number of ether oxygens (including phenoxy) is 1. The molecular formula is C17H17N3O. The average molecular weight is 279 g/mol. The predicted octanol–water partition coefficient (Wildman–Crippen LogP) is 3.88. The lowest BCUT2D eigenvalue weighted by Gasteiger charge is -2.13. The van der Waals surface area contributed by atoms with Crippen LogP contribution in [0.2, 0.25) is 0 Å². The number of para-hydroxylation sites is 1. The molecule has 0 spiro atoms.